The normalized spacial score (nSPS) is 26.2. The summed E-state index contributed by atoms with van der Waals surface area (Å²) in [6.45, 7) is 3.25. The van der Waals surface area contributed by atoms with Gasteiger partial charge in [-0.15, -0.1) is 0 Å². The molecular formula is C17H18ClN3O2. The molecule has 1 amide bonds. The van der Waals surface area contributed by atoms with Gasteiger partial charge in [0.25, 0.3) is 5.91 Å². The zero-order valence-electron chi connectivity index (χ0n) is 12.7. The molecule has 6 heteroatoms. The van der Waals surface area contributed by atoms with E-state index in [-0.39, 0.29) is 11.9 Å². The van der Waals surface area contributed by atoms with Gasteiger partial charge >= 0.3 is 0 Å². The van der Waals surface area contributed by atoms with E-state index < -0.39 is 0 Å². The third-order valence-corrected chi connectivity index (χ3v) is 5.10. The van der Waals surface area contributed by atoms with Gasteiger partial charge in [0.05, 0.1) is 5.02 Å². The van der Waals surface area contributed by atoms with E-state index in [1.54, 1.807) is 30.5 Å². The van der Waals surface area contributed by atoms with Crippen molar-refractivity contribution in [1.82, 2.24) is 15.2 Å². The van der Waals surface area contributed by atoms with Crippen LogP contribution in [0.5, 0.6) is 0 Å². The van der Waals surface area contributed by atoms with Gasteiger partial charge in [-0.2, -0.15) is 0 Å². The Morgan fingerprint density at radius 2 is 2.13 bits per heavy atom. The van der Waals surface area contributed by atoms with Gasteiger partial charge in [-0.1, -0.05) is 11.6 Å². The summed E-state index contributed by atoms with van der Waals surface area (Å²) in [6, 6.07) is 7.14. The van der Waals surface area contributed by atoms with E-state index in [0.717, 1.165) is 32.5 Å². The fraction of sp³-hybridized carbons (Fsp3) is 0.412. The SMILES string of the molecule is O=C(N[C@H]1CN2CCC1CC2)c1ccc(-c2ncccc2Cl)o1. The summed E-state index contributed by atoms with van der Waals surface area (Å²) in [6.07, 6.45) is 3.98. The van der Waals surface area contributed by atoms with Crippen molar-refractivity contribution in [3.8, 4) is 11.5 Å². The number of amides is 1. The number of halogens is 1. The lowest BCUT2D eigenvalue weighted by Gasteiger charge is -2.44. The highest BCUT2D eigenvalue weighted by atomic mass is 35.5. The number of piperidine rings is 3. The Balaban J connectivity index is 1.48. The molecule has 3 saturated heterocycles. The summed E-state index contributed by atoms with van der Waals surface area (Å²) in [4.78, 5) is 19.1. The zero-order chi connectivity index (χ0) is 15.8. The van der Waals surface area contributed by atoms with Crippen LogP contribution in [-0.4, -0.2) is 41.5 Å². The van der Waals surface area contributed by atoms with Crippen LogP contribution in [0.25, 0.3) is 11.5 Å². The van der Waals surface area contributed by atoms with Crippen molar-refractivity contribution in [2.75, 3.05) is 19.6 Å². The number of aromatic nitrogens is 1. The van der Waals surface area contributed by atoms with Crippen LogP contribution >= 0.6 is 11.6 Å². The Morgan fingerprint density at radius 3 is 2.83 bits per heavy atom. The van der Waals surface area contributed by atoms with Gasteiger partial charge < -0.3 is 14.6 Å². The van der Waals surface area contributed by atoms with Crippen LogP contribution in [0.4, 0.5) is 0 Å². The number of carbonyl (C=O) groups excluding carboxylic acids is 1. The molecule has 5 nitrogen and oxygen atoms in total. The number of hydrogen-bond acceptors (Lipinski definition) is 4. The Bertz CT molecular complexity index is 722. The van der Waals surface area contributed by atoms with E-state index >= 15 is 0 Å². The molecule has 0 saturated carbocycles. The van der Waals surface area contributed by atoms with Crippen molar-refractivity contribution < 1.29 is 9.21 Å². The first-order valence-corrected chi connectivity index (χ1v) is 8.32. The van der Waals surface area contributed by atoms with Crippen molar-refractivity contribution in [3.05, 3.63) is 41.2 Å². The van der Waals surface area contributed by atoms with Gasteiger partial charge in [0.1, 0.15) is 5.69 Å². The monoisotopic (exact) mass is 331 g/mol. The van der Waals surface area contributed by atoms with Crippen molar-refractivity contribution in [1.29, 1.82) is 0 Å². The average Bonchev–Trinajstić information content (AvgIpc) is 3.06. The predicted molar refractivity (Wildman–Crippen MR) is 87.4 cm³/mol. The maximum absolute atomic E-state index is 12.4. The molecular weight excluding hydrogens is 314 g/mol. The standard InChI is InChI=1S/C17H18ClN3O2/c18-12-2-1-7-19-16(12)14-3-4-15(23-14)17(22)20-13-10-21-8-5-11(13)6-9-21/h1-4,7,11,13H,5-6,8-10H2,(H,20,22)/t13-/m0/s1. The Kier molecular flexibility index (Phi) is 3.83. The number of carbonyl (C=O) groups is 1. The number of fused-ring (bicyclic) bond motifs is 3. The number of rotatable bonds is 3. The van der Waals surface area contributed by atoms with Crippen LogP contribution < -0.4 is 5.32 Å². The largest absolute Gasteiger partial charge is 0.449 e. The summed E-state index contributed by atoms with van der Waals surface area (Å²) in [5.74, 6) is 1.23. The highest BCUT2D eigenvalue weighted by Crippen LogP contribution is 2.29. The first-order chi connectivity index (χ1) is 11.2. The highest BCUT2D eigenvalue weighted by Gasteiger charge is 2.35. The first kappa shape index (κ1) is 14.7. The Hall–Kier alpha value is -1.85. The molecule has 0 radical (unpaired) electrons. The summed E-state index contributed by atoms with van der Waals surface area (Å²) < 4.78 is 5.66. The van der Waals surface area contributed by atoms with Crippen molar-refractivity contribution in [3.63, 3.8) is 0 Å². The Morgan fingerprint density at radius 1 is 1.30 bits per heavy atom. The molecule has 1 atom stereocenters. The van der Waals surface area contributed by atoms with Gasteiger partial charge in [0.15, 0.2) is 11.5 Å². The minimum absolute atomic E-state index is 0.165. The number of hydrogen-bond donors (Lipinski definition) is 1. The van der Waals surface area contributed by atoms with Crippen LogP contribution in [-0.2, 0) is 0 Å². The van der Waals surface area contributed by atoms with Crippen LogP contribution in [0.2, 0.25) is 5.02 Å². The molecule has 0 aliphatic carbocycles. The van der Waals surface area contributed by atoms with E-state index in [0.29, 0.717) is 28.2 Å². The molecule has 120 valence electrons. The second-order valence-corrected chi connectivity index (χ2v) is 6.62. The molecule has 0 unspecified atom stereocenters. The molecule has 3 aliphatic rings. The number of pyridine rings is 1. The number of furan rings is 1. The third kappa shape index (κ3) is 2.86. The van der Waals surface area contributed by atoms with E-state index in [2.05, 4.69) is 15.2 Å². The molecule has 1 N–H and O–H groups in total. The minimum atomic E-state index is -0.165. The second-order valence-electron chi connectivity index (χ2n) is 6.22. The number of nitrogens with zero attached hydrogens (tertiary/aromatic N) is 2. The fourth-order valence-corrected chi connectivity index (χ4v) is 3.74. The van der Waals surface area contributed by atoms with Gasteiger partial charge in [-0.25, -0.2) is 0 Å². The molecule has 0 aromatic carbocycles. The van der Waals surface area contributed by atoms with Gasteiger partial charge in [0.2, 0.25) is 0 Å². The van der Waals surface area contributed by atoms with E-state index in [4.69, 9.17) is 16.0 Å². The molecule has 3 fully saturated rings. The lowest BCUT2D eigenvalue weighted by atomic mass is 9.84. The van der Waals surface area contributed by atoms with E-state index in [1.165, 1.54) is 0 Å². The van der Waals surface area contributed by atoms with Crippen LogP contribution in [0.3, 0.4) is 0 Å². The first-order valence-electron chi connectivity index (χ1n) is 7.94. The van der Waals surface area contributed by atoms with Gasteiger partial charge in [0, 0.05) is 18.8 Å². The summed E-state index contributed by atoms with van der Waals surface area (Å²) in [7, 11) is 0. The second kappa shape index (κ2) is 5.98. The fourth-order valence-electron chi connectivity index (χ4n) is 3.52. The average molecular weight is 332 g/mol. The quantitative estimate of drug-likeness (QED) is 0.939. The maximum atomic E-state index is 12.4. The number of nitrogens with one attached hydrogen (secondary N) is 1. The Labute approximate surface area is 139 Å². The van der Waals surface area contributed by atoms with Crippen molar-refractivity contribution in [2.24, 2.45) is 5.92 Å². The maximum Gasteiger partial charge on any atom is 0.287 e. The molecule has 3 aliphatic heterocycles. The third-order valence-electron chi connectivity index (χ3n) is 4.79. The summed E-state index contributed by atoms with van der Waals surface area (Å²) in [5.41, 5.74) is 0.552. The summed E-state index contributed by atoms with van der Waals surface area (Å²) in [5, 5.41) is 3.62. The molecule has 2 aromatic rings. The van der Waals surface area contributed by atoms with Crippen LogP contribution in [0, 0.1) is 5.92 Å². The van der Waals surface area contributed by atoms with E-state index in [1.807, 2.05) is 0 Å². The molecule has 2 aromatic heterocycles. The molecule has 0 spiro atoms. The van der Waals surface area contributed by atoms with Gasteiger partial charge in [-0.05, 0) is 56.1 Å². The molecule has 23 heavy (non-hydrogen) atoms. The topological polar surface area (TPSA) is 58.4 Å². The molecule has 2 bridgehead atoms. The van der Waals surface area contributed by atoms with Crippen LogP contribution in [0.15, 0.2) is 34.9 Å². The lowest BCUT2D eigenvalue weighted by Crippen LogP contribution is -2.57. The predicted octanol–water partition coefficient (Wildman–Crippen LogP) is 2.82. The van der Waals surface area contributed by atoms with Crippen molar-refractivity contribution >= 4 is 17.5 Å². The molecule has 5 rings (SSSR count). The van der Waals surface area contributed by atoms with Crippen LogP contribution in [0.1, 0.15) is 23.4 Å². The van der Waals surface area contributed by atoms with Gasteiger partial charge in [-0.3, -0.25) is 9.78 Å². The minimum Gasteiger partial charge on any atom is -0.449 e. The zero-order valence-corrected chi connectivity index (χ0v) is 13.4. The van der Waals surface area contributed by atoms with Crippen molar-refractivity contribution in [2.45, 2.75) is 18.9 Å². The smallest absolute Gasteiger partial charge is 0.287 e. The van der Waals surface area contributed by atoms with E-state index in [9.17, 15) is 4.79 Å². The molecule has 5 heterocycles. The highest BCUT2D eigenvalue weighted by molar-refractivity contribution is 6.32. The summed E-state index contributed by atoms with van der Waals surface area (Å²) >= 11 is 6.12. The lowest BCUT2D eigenvalue weighted by molar-refractivity contribution is 0.0606.